The quantitative estimate of drug-likeness (QED) is 0.763. The second kappa shape index (κ2) is 4.60. The predicted molar refractivity (Wildman–Crippen MR) is 67.5 cm³/mol. The summed E-state index contributed by atoms with van der Waals surface area (Å²) in [5, 5.41) is 6.70. The summed E-state index contributed by atoms with van der Waals surface area (Å²) in [6.45, 7) is 4.19. The first-order valence-corrected chi connectivity index (χ1v) is 7.25. The highest BCUT2D eigenvalue weighted by molar-refractivity contribution is 5.79. The number of carbonyl (C=O) groups excluding carboxylic acids is 1. The van der Waals surface area contributed by atoms with Gasteiger partial charge in [-0.15, -0.1) is 0 Å². The van der Waals surface area contributed by atoms with Crippen LogP contribution in [0.4, 0.5) is 0 Å². The van der Waals surface area contributed by atoms with E-state index >= 15 is 0 Å². The number of hydrogen-bond donors (Lipinski definition) is 2. The zero-order valence-corrected chi connectivity index (χ0v) is 10.7. The van der Waals surface area contributed by atoms with Crippen molar-refractivity contribution in [1.82, 2.24) is 10.6 Å². The van der Waals surface area contributed by atoms with Gasteiger partial charge < -0.3 is 10.6 Å². The van der Waals surface area contributed by atoms with E-state index in [0.29, 0.717) is 17.9 Å². The minimum Gasteiger partial charge on any atom is -0.353 e. The van der Waals surface area contributed by atoms with Crippen molar-refractivity contribution in [3.05, 3.63) is 0 Å². The molecule has 0 aromatic heterocycles. The molecular weight excluding hydrogens is 212 g/mol. The van der Waals surface area contributed by atoms with Gasteiger partial charge in [0.1, 0.15) is 0 Å². The third-order valence-corrected chi connectivity index (χ3v) is 5.19. The van der Waals surface area contributed by atoms with Gasteiger partial charge in [0.2, 0.25) is 5.91 Å². The molecule has 5 atom stereocenters. The molecule has 0 aromatic rings. The topological polar surface area (TPSA) is 41.1 Å². The molecule has 2 aliphatic carbocycles. The van der Waals surface area contributed by atoms with Crippen molar-refractivity contribution in [1.29, 1.82) is 0 Å². The normalized spacial score (nSPS) is 44.9. The fourth-order valence-corrected chi connectivity index (χ4v) is 4.11. The van der Waals surface area contributed by atoms with Gasteiger partial charge in [-0.25, -0.2) is 0 Å². The minimum absolute atomic E-state index is 0.246. The van der Waals surface area contributed by atoms with Crippen LogP contribution in [0.25, 0.3) is 0 Å². The van der Waals surface area contributed by atoms with Gasteiger partial charge >= 0.3 is 0 Å². The number of carbonyl (C=O) groups is 1. The first-order chi connectivity index (χ1) is 8.24. The van der Waals surface area contributed by atoms with Gasteiger partial charge in [0, 0.05) is 12.0 Å². The van der Waals surface area contributed by atoms with Crippen LogP contribution in [0, 0.1) is 23.7 Å². The van der Waals surface area contributed by atoms with E-state index in [1.165, 1.54) is 25.7 Å². The highest BCUT2D eigenvalue weighted by atomic mass is 16.2. The molecule has 0 spiro atoms. The van der Waals surface area contributed by atoms with Crippen LogP contribution in [-0.2, 0) is 4.79 Å². The van der Waals surface area contributed by atoms with E-state index in [1.54, 1.807) is 0 Å². The molecule has 17 heavy (non-hydrogen) atoms. The molecule has 3 heteroatoms. The van der Waals surface area contributed by atoms with Crippen molar-refractivity contribution in [3.8, 4) is 0 Å². The van der Waals surface area contributed by atoms with Gasteiger partial charge in [-0.05, 0) is 56.5 Å². The van der Waals surface area contributed by atoms with Gasteiger partial charge in [0.15, 0.2) is 0 Å². The van der Waals surface area contributed by atoms with Gasteiger partial charge in [-0.2, -0.15) is 0 Å². The SMILES string of the molecule is CC1CNCCC1C(=O)NC1CC2CCC1C2. The van der Waals surface area contributed by atoms with Gasteiger partial charge in [-0.1, -0.05) is 13.3 Å². The van der Waals surface area contributed by atoms with Gasteiger partial charge in [0.25, 0.3) is 0 Å². The minimum atomic E-state index is 0.246. The van der Waals surface area contributed by atoms with Gasteiger partial charge in [-0.3, -0.25) is 4.79 Å². The number of rotatable bonds is 2. The molecule has 3 fully saturated rings. The maximum Gasteiger partial charge on any atom is 0.223 e. The maximum atomic E-state index is 12.3. The number of hydrogen-bond acceptors (Lipinski definition) is 2. The smallest absolute Gasteiger partial charge is 0.223 e. The van der Waals surface area contributed by atoms with Crippen LogP contribution in [0.1, 0.15) is 39.0 Å². The Morgan fingerprint density at radius 1 is 1.24 bits per heavy atom. The summed E-state index contributed by atoms with van der Waals surface area (Å²) in [5.41, 5.74) is 0. The third-order valence-electron chi connectivity index (χ3n) is 5.19. The molecule has 2 N–H and O–H groups in total. The molecule has 2 bridgehead atoms. The zero-order chi connectivity index (χ0) is 11.8. The monoisotopic (exact) mass is 236 g/mol. The van der Waals surface area contributed by atoms with Crippen LogP contribution in [-0.4, -0.2) is 25.0 Å². The number of amides is 1. The third kappa shape index (κ3) is 2.22. The molecule has 2 saturated carbocycles. The van der Waals surface area contributed by atoms with Crippen molar-refractivity contribution >= 4 is 5.91 Å². The first kappa shape index (κ1) is 11.5. The summed E-state index contributed by atoms with van der Waals surface area (Å²) in [5.74, 6) is 2.77. The Morgan fingerprint density at radius 3 is 2.76 bits per heavy atom. The van der Waals surface area contributed by atoms with E-state index in [4.69, 9.17) is 0 Å². The van der Waals surface area contributed by atoms with Crippen molar-refractivity contribution in [3.63, 3.8) is 0 Å². The fraction of sp³-hybridized carbons (Fsp3) is 0.929. The molecule has 3 aliphatic rings. The molecule has 1 saturated heterocycles. The summed E-state index contributed by atoms with van der Waals surface area (Å²) in [7, 11) is 0. The maximum absolute atomic E-state index is 12.3. The summed E-state index contributed by atoms with van der Waals surface area (Å²) in [6, 6.07) is 0.503. The van der Waals surface area contributed by atoms with Crippen LogP contribution in [0.3, 0.4) is 0 Å². The number of nitrogens with one attached hydrogen (secondary N) is 2. The first-order valence-electron chi connectivity index (χ1n) is 7.25. The molecule has 1 aliphatic heterocycles. The standard InChI is InChI=1S/C14H24N2O/c1-9-8-15-5-4-12(9)14(17)16-13-7-10-2-3-11(13)6-10/h9-13,15H,2-8H2,1H3,(H,16,17). The van der Waals surface area contributed by atoms with Crippen LogP contribution in [0.2, 0.25) is 0 Å². The van der Waals surface area contributed by atoms with Crippen molar-refractivity contribution < 1.29 is 4.79 Å². The lowest BCUT2D eigenvalue weighted by Crippen LogP contribution is -2.47. The molecule has 3 rings (SSSR count). The highest BCUT2D eigenvalue weighted by Crippen LogP contribution is 2.44. The Morgan fingerprint density at radius 2 is 2.12 bits per heavy atom. The van der Waals surface area contributed by atoms with Crippen LogP contribution in [0.5, 0.6) is 0 Å². The second-order valence-corrected chi connectivity index (χ2v) is 6.37. The summed E-state index contributed by atoms with van der Waals surface area (Å²) in [6.07, 6.45) is 6.37. The molecule has 1 heterocycles. The van der Waals surface area contributed by atoms with Crippen molar-refractivity contribution in [2.24, 2.45) is 23.7 Å². The van der Waals surface area contributed by atoms with Crippen LogP contribution in [0.15, 0.2) is 0 Å². The summed E-state index contributed by atoms with van der Waals surface area (Å²) >= 11 is 0. The molecule has 96 valence electrons. The fourth-order valence-electron chi connectivity index (χ4n) is 4.11. The average Bonchev–Trinajstić information content (AvgIpc) is 2.91. The number of fused-ring (bicyclic) bond motifs is 2. The second-order valence-electron chi connectivity index (χ2n) is 6.37. The summed E-state index contributed by atoms with van der Waals surface area (Å²) in [4.78, 5) is 12.3. The molecule has 0 radical (unpaired) electrons. The van der Waals surface area contributed by atoms with Gasteiger partial charge in [0.05, 0.1) is 0 Å². The summed E-state index contributed by atoms with van der Waals surface area (Å²) < 4.78 is 0. The molecular formula is C14H24N2O. The highest BCUT2D eigenvalue weighted by Gasteiger charge is 2.41. The molecule has 3 nitrogen and oxygen atoms in total. The van der Waals surface area contributed by atoms with E-state index in [9.17, 15) is 4.79 Å². The number of piperidine rings is 1. The predicted octanol–water partition coefficient (Wildman–Crippen LogP) is 1.54. The lowest BCUT2D eigenvalue weighted by molar-refractivity contribution is -0.128. The molecule has 5 unspecified atom stereocenters. The van der Waals surface area contributed by atoms with E-state index < -0.39 is 0 Å². The van der Waals surface area contributed by atoms with Crippen LogP contribution < -0.4 is 10.6 Å². The zero-order valence-electron chi connectivity index (χ0n) is 10.7. The molecule has 1 amide bonds. The van der Waals surface area contributed by atoms with E-state index in [-0.39, 0.29) is 5.92 Å². The Labute approximate surface area is 104 Å². The van der Waals surface area contributed by atoms with Crippen LogP contribution >= 0.6 is 0 Å². The largest absolute Gasteiger partial charge is 0.353 e. The molecule has 0 aromatic carbocycles. The Kier molecular flexibility index (Phi) is 3.12. The lowest BCUT2D eigenvalue weighted by atomic mass is 9.86. The van der Waals surface area contributed by atoms with Crippen molar-refractivity contribution in [2.75, 3.05) is 13.1 Å². The Hall–Kier alpha value is -0.570. The van der Waals surface area contributed by atoms with E-state index in [0.717, 1.165) is 31.3 Å². The van der Waals surface area contributed by atoms with E-state index in [2.05, 4.69) is 17.6 Å². The average molecular weight is 236 g/mol. The Bertz CT molecular complexity index is 305. The van der Waals surface area contributed by atoms with Crippen molar-refractivity contribution in [2.45, 2.75) is 45.1 Å². The van der Waals surface area contributed by atoms with E-state index in [1.807, 2.05) is 0 Å². The Balaban J connectivity index is 1.56. The lowest BCUT2D eigenvalue weighted by Gasteiger charge is -2.31.